The van der Waals surface area contributed by atoms with E-state index in [1.807, 2.05) is 13.8 Å². The number of piperidine rings is 1. The highest BCUT2D eigenvalue weighted by atomic mass is 19.1. The zero-order valence-electron chi connectivity index (χ0n) is 25.3. The molecule has 0 aliphatic carbocycles. The van der Waals surface area contributed by atoms with Gasteiger partial charge in [0, 0.05) is 60.8 Å². The molecule has 7 rings (SSSR count). The first kappa shape index (κ1) is 29.6. The van der Waals surface area contributed by atoms with Crippen molar-refractivity contribution < 1.29 is 23.0 Å². The van der Waals surface area contributed by atoms with Gasteiger partial charge < -0.3 is 25.0 Å². The van der Waals surface area contributed by atoms with Crippen molar-refractivity contribution in [3.63, 3.8) is 0 Å². The Morgan fingerprint density at radius 2 is 1.93 bits per heavy atom. The number of piperazine rings is 1. The van der Waals surface area contributed by atoms with Crippen LogP contribution in [0.5, 0.6) is 11.8 Å². The third kappa shape index (κ3) is 5.20. The van der Waals surface area contributed by atoms with E-state index in [0.717, 1.165) is 19.4 Å². The van der Waals surface area contributed by atoms with Crippen molar-refractivity contribution >= 4 is 27.5 Å². The van der Waals surface area contributed by atoms with Gasteiger partial charge in [-0.15, -0.1) is 6.42 Å². The summed E-state index contributed by atoms with van der Waals surface area (Å²) in [7, 11) is 0. The maximum Gasteiger partial charge on any atom is 0.319 e. The number of aromatic nitrogens is 3. The average Bonchev–Trinajstić information content (AvgIpc) is 3.38. The van der Waals surface area contributed by atoms with Crippen LogP contribution in [0.2, 0.25) is 0 Å². The summed E-state index contributed by atoms with van der Waals surface area (Å²) in [5, 5.41) is 15.2. The summed E-state index contributed by atoms with van der Waals surface area (Å²) < 4.78 is 52.9. The number of halogens is 3. The van der Waals surface area contributed by atoms with E-state index in [0.29, 0.717) is 49.2 Å². The van der Waals surface area contributed by atoms with Gasteiger partial charge in [0.05, 0.1) is 10.9 Å². The van der Waals surface area contributed by atoms with E-state index >= 15 is 8.78 Å². The van der Waals surface area contributed by atoms with E-state index in [1.165, 1.54) is 30.5 Å². The number of fused-ring (bicyclic) bond motifs is 4. The van der Waals surface area contributed by atoms with Crippen LogP contribution >= 0.6 is 0 Å². The molecule has 3 aliphatic heterocycles. The minimum absolute atomic E-state index is 0.0178. The molecule has 2 bridgehead atoms. The van der Waals surface area contributed by atoms with Gasteiger partial charge in [-0.1, -0.05) is 25.8 Å². The van der Waals surface area contributed by atoms with Crippen LogP contribution in [0.1, 0.15) is 38.7 Å². The first-order valence-electron chi connectivity index (χ1n) is 15.5. The highest BCUT2D eigenvalue weighted by Gasteiger charge is 2.41. The van der Waals surface area contributed by atoms with Gasteiger partial charge in [0.2, 0.25) is 0 Å². The molecule has 4 aromatic rings. The van der Waals surface area contributed by atoms with Crippen molar-refractivity contribution in [1.82, 2.24) is 25.2 Å². The van der Waals surface area contributed by atoms with Crippen LogP contribution < -0.4 is 15.0 Å². The van der Waals surface area contributed by atoms with Gasteiger partial charge >= 0.3 is 6.01 Å². The maximum atomic E-state index is 16.7. The van der Waals surface area contributed by atoms with Crippen molar-refractivity contribution in [1.29, 1.82) is 0 Å². The predicted molar refractivity (Wildman–Crippen MR) is 167 cm³/mol. The number of likely N-dealkylation sites (tertiary alicyclic amines) is 1. The third-order valence-electron chi connectivity index (χ3n) is 9.63. The first-order chi connectivity index (χ1) is 21.7. The number of rotatable bonds is 6. The molecule has 3 fully saturated rings. The fourth-order valence-corrected chi connectivity index (χ4v) is 7.21. The second-order valence-corrected chi connectivity index (χ2v) is 12.8. The molecule has 0 radical (unpaired) electrons. The number of phenolic OH excluding ortho intramolecular Hbond substituents is 1. The third-order valence-corrected chi connectivity index (χ3v) is 9.63. The summed E-state index contributed by atoms with van der Waals surface area (Å²) in [6.07, 6.45) is 8.58. The Bertz CT molecular complexity index is 1840. The number of nitrogens with one attached hydrogen (secondary N) is 1. The molecule has 0 unspecified atom stereocenters. The molecule has 5 heterocycles. The lowest BCUT2D eigenvalue weighted by molar-refractivity contribution is -0.0154. The second-order valence-electron chi connectivity index (χ2n) is 12.8. The number of benzene rings is 2. The van der Waals surface area contributed by atoms with Gasteiger partial charge in [-0.3, -0.25) is 4.98 Å². The molecule has 8 nitrogen and oxygen atoms in total. The molecule has 0 amide bonds. The van der Waals surface area contributed by atoms with E-state index in [2.05, 4.69) is 31.0 Å². The number of hydrogen-bond acceptors (Lipinski definition) is 8. The average molecular weight is 617 g/mol. The lowest BCUT2D eigenvalue weighted by Crippen LogP contribution is -2.51. The van der Waals surface area contributed by atoms with Crippen molar-refractivity contribution in [3.05, 3.63) is 47.7 Å². The number of aromatic hydroxyl groups is 1. The van der Waals surface area contributed by atoms with Gasteiger partial charge in [-0.05, 0) is 49.4 Å². The van der Waals surface area contributed by atoms with E-state index in [4.69, 9.17) is 16.1 Å². The number of phenols is 1. The minimum atomic E-state index is -1.07. The zero-order chi connectivity index (χ0) is 31.5. The fourth-order valence-electron chi connectivity index (χ4n) is 7.21. The molecule has 2 N–H and O–H groups in total. The summed E-state index contributed by atoms with van der Waals surface area (Å²) in [6.45, 7) is 7.27. The van der Waals surface area contributed by atoms with E-state index in [1.54, 1.807) is 0 Å². The van der Waals surface area contributed by atoms with E-state index < -0.39 is 23.2 Å². The number of terminal acetylenes is 1. The molecule has 2 aromatic carbocycles. The van der Waals surface area contributed by atoms with Crippen molar-refractivity contribution in [2.45, 2.75) is 51.4 Å². The van der Waals surface area contributed by atoms with Crippen LogP contribution in [0, 0.1) is 29.4 Å². The van der Waals surface area contributed by atoms with Gasteiger partial charge in [0.1, 0.15) is 41.4 Å². The summed E-state index contributed by atoms with van der Waals surface area (Å²) in [5.41, 5.74) is -0.909. The Labute approximate surface area is 259 Å². The van der Waals surface area contributed by atoms with Crippen LogP contribution in [-0.4, -0.2) is 82.5 Å². The van der Waals surface area contributed by atoms with Gasteiger partial charge in [-0.25, -0.2) is 13.2 Å². The molecule has 0 saturated carbocycles. The number of alkyl halides is 1. The lowest BCUT2D eigenvalue weighted by atomic mass is 9.81. The highest BCUT2D eigenvalue weighted by molar-refractivity contribution is 6.03. The van der Waals surface area contributed by atoms with Gasteiger partial charge in [-0.2, -0.15) is 9.97 Å². The Kier molecular flexibility index (Phi) is 7.45. The Balaban J connectivity index is 1.37. The van der Waals surface area contributed by atoms with Crippen LogP contribution in [0.3, 0.4) is 0 Å². The molecule has 11 heteroatoms. The summed E-state index contributed by atoms with van der Waals surface area (Å²) >= 11 is 0. The van der Waals surface area contributed by atoms with Crippen molar-refractivity contribution in [2.24, 2.45) is 5.41 Å². The lowest BCUT2D eigenvalue weighted by Gasteiger charge is -2.42. The number of nitrogens with zero attached hydrogens (tertiary/aromatic N) is 5. The molecule has 4 atom stereocenters. The number of hydrogen-bond donors (Lipinski definition) is 2. The monoisotopic (exact) mass is 616 g/mol. The number of ether oxygens (including phenoxy) is 1. The predicted octanol–water partition coefficient (Wildman–Crippen LogP) is 5.20. The van der Waals surface area contributed by atoms with E-state index in [9.17, 15) is 9.50 Å². The zero-order valence-corrected chi connectivity index (χ0v) is 25.3. The quantitative estimate of drug-likeness (QED) is 0.286. The molecule has 0 spiro atoms. The van der Waals surface area contributed by atoms with Crippen molar-refractivity contribution in [3.8, 4) is 35.4 Å². The van der Waals surface area contributed by atoms with Gasteiger partial charge in [0.15, 0.2) is 5.82 Å². The normalized spacial score (nSPS) is 25.2. The Morgan fingerprint density at radius 3 is 2.67 bits per heavy atom. The van der Waals surface area contributed by atoms with Crippen molar-refractivity contribution in [2.75, 3.05) is 44.2 Å². The molecule has 234 valence electrons. The fraction of sp³-hybridized carbons (Fsp3) is 0.441. The first-order valence-corrected chi connectivity index (χ1v) is 15.5. The summed E-state index contributed by atoms with van der Waals surface area (Å²) in [5.74, 6) is 1.27. The second kappa shape index (κ2) is 11.3. The highest BCUT2D eigenvalue weighted by Crippen LogP contribution is 2.40. The molecule has 3 saturated heterocycles. The molecule has 2 aromatic heterocycles. The van der Waals surface area contributed by atoms with Gasteiger partial charge in [0.25, 0.3) is 0 Å². The largest absolute Gasteiger partial charge is 0.508 e. The topological polar surface area (TPSA) is 86.6 Å². The molecule has 45 heavy (non-hydrogen) atoms. The minimum Gasteiger partial charge on any atom is -0.508 e. The number of pyridine rings is 1. The SMILES string of the molecule is C#Cc1c(F)ccc2cc(O)cc(-c3ncc4c(N5C[C@H]6CC[C@@H](C5)N6)nc(OC[C@@]5(C)CN(CC)CC[C@@H]5F)nc4c3F)c12. The van der Waals surface area contributed by atoms with Crippen LogP contribution in [-0.2, 0) is 0 Å². The van der Waals surface area contributed by atoms with E-state index in [-0.39, 0.29) is 58.2 Å². The van der Waals surface area contributed by atoms with Crippen LogP contribution in [0.15, 0.2) is 30.5 Å². The Morgan fingerprint density at radius 1 is 1.16 bits per heavy atom. The molecular formula is C34H35F3N6O2. The molecule has 3 aliphatic rings. The maximum absolute atomic E-state index is 16.7. The van der Waals surface area contributed by atoms with Crippen LogP contribution in [0.4, 0.5) is 19.0 Å². The smallest absolute Gasteiger partial charge is 0.319 e. The Hall–Kier alpha value is -4.14. The molecular weight excluding hydrogens is 581 g/mol. The number of anilines is 1. The summed E-state index contributed by atoms with van der Waals surface area (Å²) in [4.78, 5) is 18.0. The summed E-state index contributed by atoms with van der Waals surface area (Å²) in [6, 6.07) is 5.94. The standard InChI is InChI=1S/C34H35F3N6O2/c1-4-23-26(35)9-6-19-12-22(44)13-24(28(19)23)30-29(37)31-25(14-38-30)32(43-15-20-7-8-21(16-43)39-20)41-33(40-31)45-18-34(3)17-42(5-2)11-10-27(34)36/h1,6,9,12-14,20-21,27,39,44H,5,7-8,10-11,15-18H2,2-3H3/t20-,21+,27-,34+/m0/s1. The van der Waals surface area contributed by atoms with Crippen LogP contribution in [0.25, 0.3) is 32.9 Å².